The minimum Gasteiger partial charge on any atom is -0.312 e. The Bertz CT molecular complexity index is 548. The Balaban J connectivity index is 2.46. The summed E-state index contributed by atoms with van der Waals surface area (Å²) in [5, 5.41) is 2.24. The number of piperazine rings is 1. The van der Waals surface area contributed by atoms with Gasteiger partial charge in [-0.1, -0.05) is 53.5 Å². The minimum absolute atomic E-state index is 0.551. The Hall–Kier alpha value is -1.59. The van der Waals surface area contributed by atoms with Gasteiger partial charge in [0.15, 0.2) is 4.84 Å². The van der Waals surface area contributed by atoms with Gasteiger partial charge >= 0.3 is 0 Å². The molecule has 2 unspecified atom stereocenters. The van der Waals surface area contributed by atoms with Gasteiger partial charge in [-0.25, -0.2) is 0 Å². The summed E-state index contributed by atoms with van der Waals surface area (Å²) in [6.07, 6.45) is 0. The molecule has 0 bridgehead atoms. The Labute approximate surface area is 125 Å². The fourth-order valence-corrected chi connectivity index (χ4v) is 2.37. The van der Waals surface area contributed by atoms with Gasteiger partial charge in [0.2, 0.25) is 5.91 Å². The van der Waals surface area contributed by atoms with Gasteiger partial charge in [-0.15, -0.1) is 0 Å². The molecule has 2 rings (SSSR count). The molecule has 7 heteroatoms. The fourth-order valence-electron chi connectivity index (χ4n) is 2.15. The number of nitrogens with zero attached hydrogens (tertiary/aromatic N) is 1. The van der Waals surface area contributed by atoms with Gasteiger partial charge in [0.1, 0.15) is 12.1 Å². The normalized spacial score (nSPS) is 22.9. The molecule has 1 fully saturated rings. The second kappa shape index (κ2) is 5.81. The summed E-state index contributed by atoms with van der Waals surface area (Å²) in [6.45, 7) is 1.52. The predicted octanol–water partition coefficient (Wildman–Crippen LogP) is 1.40. The molecule has 0 aliphatic carbocycles. The van der Waals surface area contributed by atoms with Crippen molar-refractivity contribution in [2.45, 2.75) is 23.8 Å². The number of rotatable bonds is 2. The van der Waals surface area contributed by atoms with Crippen LogP contribution in [0.5, 0.6) is 0 Å². The van der Waals surface area contributed by atoms with E-state index in [4.69, 9.17) is 23.2 Å². The van der Waals surface area contributed by atoms with Gasteiger partial charge in [0, 0.05) is 0 Å². The van der Waals surface area contributed by atoms with Crippen LogP contribution >= 0.6 is 23.2 Å². The summed E-state index contributed by atoms with van der Waals surface area (Å²) in [5.41, 5.74) is 0.590. The summed E-state index contributed by atoms with van der Waals surface area (Å²) >= 11 is 11.2. The number of nitrogens with one attached hydrogen (secondary N) is 1. The first kappa shape index (κ1) is 14.8. The molecule has 106 valence electrons. The number of amides is 3. The van der Waals surface area contributed by atoms with Gasteiger partial charge in [-0.3, -0.25) is 19.7 Å². The van der Waals surface area contributed by atoms with Crippen LogP contribution in [-0.4, -0.2) is 33.5 Å². The zero-order valence-electron chi connectivity index (χ0n) is 10.5. The highest BCUT2D eigenvalue weighted by atomic mass is 35.5. The van der Waals surface area contributed by atoms with Crippen molar-refractivity contribution in [1.82, 2.24) is 10.2 Å². The first-order chi connectivity index (χ1) is 9.43. The highest BCUT2D eigenvalue weighted by Crippen LogP contribution is 2.28. The van der Waals surface area contributed by atoms with E-state index in [9.17, 15) is 14.4 Å². The van der Waals surface area contributed by atoms with E-state index in [0.29, 0.717) is 5.56 Å². The molecule has 1 aromatic carbocycles. The number of hydrogen-bond acceptors (Lipinski definition) is 3. The van der Waals surface area contributed by atoms with Crippen molar-refractivity contribution in [3.05, 3.63) is 35.9 Å². The van der Waals surface area contributed by atoms with Crippen molar-refractivity contribution in [1.29, 1.82) is 0 Å². The Morgan fingerprint density at radius 1 is 1.20 bits per heavy atom. The van der Waals surface area contributed by atoms with Crippen LogP contribution in [0, 0.1) is 0 Å². The molecule has 1 aliphatic rings. The van der Waals surface area contributed by atoms with E-state index in [1.54, 1.807) is 30.3 Å². The summed E-state index contributed by atoms with van der Waals surface area (Å²) < 4.78 is 0. The van der Waals surface area contributed by atoms with Crippen LogP contribution in [0.25, 0.3) is 0 Å². The number of benzene rings is 1. The van der Waals surface area contributed by atoms with E-state index < -0.39 is 34.6 Å². The summed E-state index contributed by atoms with van der Waals surface area (Å²) in [4.78, 5) is 35.7. The SMILES string of the molecule is CC1C(=O)NC(=O)C(c2ccccc2)N1C(=O)C(Cl)Cl. The molecule has 20 heavy (non-hydrogen) atoms. The standard InChI is InChI=1S/C13H12Cl2N2O3/c1-7-11(18)16-12(19)9(8-5-3-2-4-6-8)17(7)13(20)10(14)15/h2-7,9-10H,1H3,(H,16,18,19). The lowest BCUT2D eigenvalue weighted by molar-refractivity contribution is -0.153. The van der Waals surface area contributed by atoms with Crippen LogP contribution < -0.4 is 5.32 Å². The lowest BCUT2D eigenvalue weighted by Gasteiger charge is -2.39. The first-order valence-corrected chi connectivity index (χ1v) is 6.80. The van der Waals surface area contributed by atoms with Gasteiger partial charge in [0.05, 0.1) is 0 Å². The third kappa shape index (κ3) is 2.64. The van der Waals surface area contributed by atoms with E-state index in [1.165, 1.54) is 6.92 Å². The van der Waals surface area contributed by atoms with E-state index in [2.05, 4.69) is 5.32 Å². The molecular formula is C13H12Cl2N2O3. The van der Waals surface area contributed by atoms with Crippen molar-refractivity contribution >= 4 is 40.9 Å². The molecule has 0 aromatic heterocycles. The molecule has 0 spiro atoms. The number of imide groups is 1. The van der Waals surface area contributed by atoms with Crippen molar-refractivity contribution in [2.24, 2.45) is 0 Å². The molecular weight excluding hydrogens is 303 g/mol. The fraction of sp³-hybridized carbons (Fsp3) is 0.308. The number of carbonyl (C=O) groups excluding carboxylic acids is 3. The molecule has 2 atom stereocenters. The van der Waals surface area contributed by atoms with Gasteiger partial charge in [-0.2, -0.15) is 0 Å². The van der Waals surface area contributed by atoms with Gasteiger partial charge in [-0.05, 0) is 12.5 Å². The van der Waals surface area contributed by atoms with Crippen LogP contribution in [0.2, 0.25) is 0 Å². The molecule has 1 N–H and O–H groups in total. The van der Waals surface area contributed by atoms with Crippen molar-refractivity contribution in [3.8, 4) is 0 Å². The Morgan fingerprint density at radius 3 is 2.35 bits per heavy atom. The molecule has 1 aromatic rings. The monoisotopic (exact) mass is 314 g/mol. The van der Waals surface area contributed by atoms with Crippen LogP contribution in [0.3, 0.4) is 0 Å². The zero-order chi connectivity index (χ0) is 14.9. The highest BCUT2D eigenvalue weighted by molar-refractivity contribution is 6.53. The highest BCUT2D eigenvalue weighted by Gasteiger charge is 2.43. The Kier molecular flexibility index (Phi) is 4.30. The van der Waals surface area contributed by atoms with E-state index in [0.717, 1.165) is 4.90 Å². The molecule has 0 saturated carbocycles. The summed E-state index contributed by atoms with van der Waals surface area (Å²) in [6, 6.07) is 6.92. The topological polar surface area (TPSA) is 66.5 Å². The molecule has 1 saturated heterocycles. The molecule has 1 heterocycles. The maximum absolute atomic E-state index is 12.1. The summed E-state index contributed by atoms with van der Waals surface area (Å²) in [5.74, 6) is -1.79. The maximum atomic E-state index is 12.1. The minimum atomic E-state index is -1.33. The third-order valence-corrected chi connectivity index (χ3v) is 3.50. The average molecular weight is 315 g/mol. The predicted molar refractivity (Wildman–Crippen MR) is 74.1 cm³/mol. The zero-order valence-corrected chi connectivity index (χ0v) is 12.1. The Morgan fingerprint density at radius 2 is 1.80 bits per heavy atom. The summed E-state index contributed by atoms with van der Waals surface area (Å²) in [7, 11) is 0. The quantitative estimate of drug-likeness (QED) is 0.663. The first-order valence-electron chi connectivity index (χ1n) is 5.93. The van der Waals surface area contributed by atoms with Crippen molar-refractivity contribution in [2.75, 3.05) is 0 Å². The molecule has 0 radical (unpaired) electrons. The average Bonchev–Trinajstić information content (AvgIpc) is 2.42. The number of hydrogen-bond donors (Lipinski definition) is 1. The van der Waals surface area contributed by atoms with Gasteiger partial charge in [0.25, 0.3) is 11.8 Å². The molecule has 3 amide bonds. The van der Waals surface area contributed by atoms with Crippen LogP contribution in [0.4, 0.5) is 0 Å². The molecule has 1 aliphatic heterocycles. The van der Waals surface area contributed by atoms with Crippen molar-refractivity contribution in [3.63, 3.8) is 0 Å². The third-order valence-electron chi connectivity index (χ3n) is 3.13. The van der Waals surface area contributed by atoms with E-state index >= 15 is 0 Å². The smallest absolute Gasteiger partial charge is 0.257 e. The van der Waals surface area contributed by atoms with E-state index in [-0.39, 0.29) is 0 Å². The maximum Gasteiger partial charge on any atom is 0.257 e. The second-order valence-electron chi connectivity index (χ2n) is 4.39. The van der Waals surface area contributed by atoms with Crippen molar-refractivity contribution < 1.29 is 14.4 Å². The number of alkyl halides is 2. The van der Waals surface area contributed by atoms with E-state index in [1.807, 2.05) is 0 Å². The molecule has 5 nitrogen and oxygen atoms in total. The lowest BCUT2D eigenvalue weighted by atomic mass is 9.99. The van der Waals surface area contributed by atoms with Crippen LogP contribution in [0.1, 0.15) is 18.5 Å². The van der Waals surface area contributed by atoms with Crippen LogP contribution in [-0.2, 0) is 14.4 Å². The number of halogens is 2. The number of carbonyl (C=O) groups is 3. The van der Waals surface area contributed by atoms with Gasteiger partial charge < -0.3 is 4.90 Å². The second-order valence-corrected chi connectivity index (χ2v) is 5.49. The largest absolute Gasteiger partial charge is 0.312 e. The lowest BCUT2D eigenvalue weighted by Crippen LogP contribution is -2.61. The van der Waals surface area contributed by atoms with Crippen LogP contribution in [0.15, 0.2) is 30.3 Å².